The van der Waals surface area contributed by atoms with Gasteiger partial charge in [-0.1, -0.05) is 15.9 Å². The van der Waals surface area contributed by atoms with Crippen LogP contribution >= 0.6 is 15.9 Å². The number of aromatic nitrogens is 2. The highest BCUT2D eigenvalue weighted by Gasteiger charge is 2.20. The zero-order chi connectivity index (χ0) is 13.1. The van der Waals surface area contributed by atoms with Gasteiger partial charge in [0.1, 0.15) is 0 Å². The van der Waals surface area contributed by atoms with Gasteiger partial charge in [0.25, 0.3) is 0 Å². The predicted molar refractivity (Wildman–Crippen MR) is 67.5 cm³/mol. The number of H-pyrrole nitrogens is 1. The molecule has 1 heterocycles. The Bertz CT molecular complexity index is 593. The number of imidazole rings is 1. The van der Waals surface area contributed by atoms with E-state index in [0.29, 0.717) is 4.47 Å². The summed E-state index contributed by atoms with van der Waals surface area (Å²) in [5.74, 6) is -0.735. The SMILES string of the molecule is COC(=O)c1cc(Br)ccc1C(=O)c1ncc[nH]1. The van der Waals surface area contributed by atoms with Gasteiger partial charge in [0, 0.05) is 22.4 Å². The van der Waals surface area contributed by atoms with Crippen LogP contribution in [0, 0.1) is 0 Å². The predicted octanol–water partition coefficient (Wildman–Crippen LogP) is 2.19. The van der Waals surface area contributed by atoms with E-state index in [1.165, 1.54) is 13.3 Å². The fourth-order valence-corrected chi connectivity index (χ4v) is 1.87. The summed E-state index contributed by atoms with van der Waals surface area (Å²) >= 11 is 3.25. The minimum atomic E-state index is -0.564. The number of nitrogens with one attached hydrogen (secondary N) is 1. The number of aromatic amines is 1. The maximum Gasteiger partial charge on any atom is 0.338 e. The number of methoxy groups -OCH3 is 1. The van der Waals surface area contributed by atoms with Gasteiger partial charge in [-0.25, -0.2) is 9.78 Å². The van der Waals surface area contributed by atoms with E-state index in [9.17, 15) is 9.59 Å². The zero-order valence-corrected chi connectivity index (χ0v) is 11.0. The van der Waals surface area contributed by atoms with Crippen LogP contribution in [0.15, 0.2) is 35.1 Å². The Morgan fingerprint density at radius 1 is 1.33 bits per heavy atom. The van der Waals surface area contributed by atoms with Crippen molar-refractivity contribution in [1.82, 2.24) is 9.97 Å². The molecule has 0 aliphatic carbocycles. The molecule has 1 aromatic carbocycles. The van der Waals surface area contributed by atoms with E-state index in [2.05, 4.69) is 30.6 Å². The Hall–Kier alpha value is -1.95. The van der Waals surface area contributed by atoms with Gasteiger partial charge in [0.05, 0.1) is 12.7 Å². The summed E-state index contributed by atoms with van der Waals surface area (Å²) in [6.07, 6.45) is 3.02. The van der Waals surface area contributed by atoms with Gasteiger partial charge in [-0.3, -0.25) is 4.79 Å². The number of esters is 1. The first kappa shape index (κ1) is 12.5. The number of benzene rings is 1. The second kappa shape index (κ2) is 5.14. The molecule has 0 saturated heterocycles. The van der Waals surface area contributed by atoms with Crippen molar-refractivity contribution >= 4 is 27.7 Å². The normalized spacial score (nSPS) is 10.1. The third-order valence-corrected chi connectivity index (χ3v) is 2.84. The Balaban J connectivity index is 2.50. The average Bonchev–Trinajstić information content (AvgIpc) is 2.90. The molecule has 18 heavy (non-hydrogen) atoms. The van der Waals surface area contributed by atoms with Crippen molar-refractivity contribution in [2.45, 2.75) is 0 Å². The van der Waals surface area contributed by atoms with E-state index in [4.69, 9.17) is 0 Å². The molecular weight excluding hydrogens is 300 g/mol. The van der Waals surface area contributed by atoms with E-state index in [-0.39, 0.29) is 22.7 Å². The molecule has 0 aliphatic heterocycles. The van der Waals surface area contributed by atoms with Gasteiger partial charge >= 0.3 is 5.97 Å². The topological polar surface area (TPSA) is 72.1 Å². The molecule has 0 unspecified atom stereocenters. The van der Waals surface area contributed by atoms with E-state index < -0.39 is 5.97 Å². The summed E-state index contributed by atoms with van der Waals surface area (Å²) < 4.78 is 5.35. The first-order valence-corrected chi connectivity index (χ1v) is 5.84. The maximum atomic E-state index is 12.1. The number of ketones is 1. The Kier molecular flexibility index (Phi) is 3.57. The summed E-state index contributed by atoms with van der Waals surface area (Å²) in [6.45, 7) is 0. The van der Waals surface area contributed by atoms with E-state index in [1.54, 1.807) is 24.4 Å². The van der Waals surface area contributed by atoms with Gasteiger partial charge in [0.2, 0.25) is 5.78 Å². The molecule has 0 atom stereocenters. The van der Waals surface area contributed by atoms with Crippen LogP contribution in [0.5, 0.6) is 0 Å². The third-order valence-electron chi connectivity index (χ3n) is 2.34. The highest BCUT2D eigenvalue weighted by Crippen LogP contribution is 2.19. The van der Waals surface area contributed by atoms with Crippen LogP contribution in [-0.4, -0.2) is 28.8 Å². The van der Waals surface area contributed by atoms with E-state index in [0.717, 1.165) is 0 Å². The van der Waals surface area contributed by atoms with Crippen molar-refractivity contribution in [3.8, 4) is 0 Å². The Labute approximate surface area is 111 Å². The highest BCUT2D eigenvalue weighted by atomic mass is 79.9. The largest absolute Gasteiger partial charge is 0.465 e. The molecular formula is C12H9BrN2O3. The van der Waals surface area contributed by atoms with Crippen LogP contribution in [0.2, 0.25) is 0 Å². The number of hydrogen-bond donors (Lipinski definition) is 1. The van der Waals surface area contributed by atoms with Crippen molar-refractivity contribution in [2.75, 3.05) is 7.11 Å². The molecule has 6 heteroatoms. The van der Waals surface area contributed by atoms with Gasteiger partial charge < -0.3 is 9.72 Å². The van der Waals surface area contributed by atoms with Gasteiger partial charge in [0.15, 0.2) is 5.82 Å². The fourth-order valence-electron chi connectivity index (χ4n) is 1.51. The summed E-state index contributed by atoms with van der Waals surface area (Å²) in [6, 6.07) is 4.78. The number of halogens is 1. The Morgan fingerprint density at radius 3 is 2.72 bits per heavy atom. The summed E-state index contributed by atoms with van der Waals surface area (Å²) in [7, 11) is 1.27. The molecule has 0 radical (unpaired) electrons. The minimum Gasteiger partial charge on any atom is -0.465 e. The molecule has 0 fully saturated rings. The Morgan fingerprint density at radius 2 is 2.11 bits per heavy atom. The monoisotopic (exact) mass is 308 g/mol. The standard InChI is InChI=1S/C12H9BrN2O3/c1-18-12(17)9-6-7(13)2-3-8(9)10(16)11-14-4-5-15-11/h2-6H,1H3,(H,14,15). The van der Waals surface area contributed by atoms with Gasteiger partial charge in [-0.05, 0) is 18.2 Å². The minimum absolute atomic E-state index is 0.183. The van der Waals surface area contributed by atoms with Crippen LogP contribution in [0.25, 0.3) is 0 Å². The number of hydrogen-bond acceptors (Lipinski definition) is 4. The highest BCUT2D eigenvalue weighted by molar-refractivity contribution is 9.10. The van der Waals surface area contributed by atoms with E-state index in [1.807, 2.05) is 0 Å². The van der Waals surface area contributed by atoms with Crippen molar-refractivity contribution < 1.29 is 14.3 Å². The van der Waals surface area contributed by atoms with Gasteiger partial charge in [-0.15, -0.1) is 0 Å². The summed E-state index contributed by atoms with van der Waals surface area (Å²) in [4.78, 5) is 30.4. The molecule has 5 nitrogen and oxygen atoms in total. The average molecular weight is 309 g/mol. The van der Waals surface area contributed by atoms with Crippen molar-refractivity contribution in [1.29, 1.82) is 0 Å². The second-order valence-corrected chi connectivity index (χ2v) is 4.36. The van der Waals surface area contributed by atoms with E-state index >= 15 is 0 Å². The molecule has 0 spiro atoms. The van der Waals surface area contributed by atoms with Crippen LogP contribution in [0.4, 0.5) is 0 Å². The van der Waals surface area contributed by atoms with Crippen molar-refractivity contribution in [2.24, 2.45) is 0 Å². The number of ether oxygens (including phenoxy) is 1. The van der Waals surface area contributed by atoms with Crippen molar-refractivity contribution in [3.05, 3.63) is 52.0 Å². The molecule has 1 aromatic heterocycles. The lowest BCUT2D eigenvalue weighted by Gasteiger charge is -2.06. The molecule has 0 bridgehead atoms. The van der Waals surface area contributed by atoms with Crippen LogP contribution in [0.1, 0.15) is 26.5 Å². The molecule has 2 aromatic rings. The summed E-state index contributed by atoms with van der Waals surface area (Å²) in [5, 5.41) is 0. The van der Waals surface area contributed by atoms with Crippen LogP contribution < -0.4 is 0 Å². The van der Waals surface area contributed by atoms with Crippen LogP contribution in [0.3, 0.4) is 0 Å². The lowest BCUT2D eigenvalue weighted by molar-refractivity contribution is 0.0597. The number of carbonyl (C=O) groups excluding carboxylic acids is 2. The van der Waals surface area contributed by atoms with Crippen LogP contribution in [-0.2, 0) is 4.74 Å². The quantitative estimate of drug-likeness (QED) is 0.697. The maximum absolute atomic E-state index is 12.1. The first-order valence-electron chi connectivity index (χ1n) is 5.05. The molecule has 0 amide bonds. The molecule has 2 rings (SSSR count). The first-order chi connectivity index (χ1) is 8.63. The molecule has 0 saturated carbocycles. The summed E-state index contributed by atoms with van der Waals surface area (Å²) in [5.41, 5.74) is 0.452. The number of rotatable bonds is 3. The van der Waals surface area contributed by atoms with Gasteiger partial charge in [-0.2, -0.15) is 0 Å². The second-order valence-electron chi connectivity index (χ2n) is 3.45. The third kappa shape index (κ3) is 2.33. The zero-order valence-electron chi connectivity index (χ0n) is 9.44. The molecule has 0 aliphatic rings. The molecule has 1 N–H and O–H groups in total. The lowest BCUT2D eigenvalue weighted by Crippen LogP contribution is -2.12. The fraction of sp³-hybridized carbons (Fsp3) is 0.0833. The number of carbonyl (C=O) groups is 2. The van der Waals surface area contributed by atoms with Crippen molar-refractivity contribution in [3.63, 3.8) is 0 Å². The lowest BCUT2D eigenvalue weighted by atomic mass is 10.0. The number of nitrogens with zero attached hydrogens (tertiary/aromatic N) is 1. The molecule has 92 valence electrons. The smallest absolute Gasteiger partial charge is 0.338 e.